The summed E-state index contributed by atoms with van der Waals surface area (Å²) in [6.45, 7) is 6.91. The van der Waals surface area contributed by atoms with Crippen LogP contribution in [0.5, 0.6) is 11.5 Å². The molecule has 0 amide bonds. The van der Waals surface area contributed by atoms with E-state index >= 15 is 0 Å². The molecule has 0 aromatic heterocycles. The van der Waals surface area contributed by atoms with E-state index in [1.165, 1.54) is 0 Å². The molecule has 104 valence electrons. The number of methoxy groups -OCH3 is 1. The zero-order chi connectivity index (χ0) is 14.3. The zero-order valence-corrected chi connectivity index (χ0v) is 12.1. The highest BCUT2D eigenvalue weighted by molar-refractivity contribution is 5.43. The maximum absolute atomic E-state index is 8.93. The summed E-state index contributed by atoms with van der Waals surface area (Å²) < 4.78 is 10.9. The van der Waals surface area contributed by atoms with E-state index in [2.05, 4.69) is 25.2 Å². The van der Waals surface area contributed by atoms with Gasteiger partial charge in [-0.25, -0.2) is 0 Å². The molecule has 0 fully saturated rings. The topological polar surface area (TPSA) is 54.3 Å². The van der Waals surface area contributed by atoms with Crippen molar-refractivity contribution in [2.24, 2.45) is 0 Å². The molecule has 0 aliphatic heterocycles. The first-order valence-electron chi connectivity index (χ1n) is 6.57. The van der Waals surface area contributed by atoms with E-state index in [1.54, 1.807) is 7.11 Å². The van der Waals surface area contributed by atoms with Crippen LogP contribution in [0.3, 0.4) is 0 Å². The van der Waals surface area contributed by atoms with Gasteiger partial charge in [0.15, 0.2) is 17.6 Å². The third-order valence-electron chi connectivity index (χ3n) is 2.73. The second-order valence-electron chi connectivity index (χ2n) is 4.66. The van der Waals surface area contributed by atoms with E-state index in [9.17, 15) is 0 Å². The SMILES string of the molecule is CCC(C#N)Oc1ccc(CNC(C)C)cc1OC. The van der Waals surface area contributed by atoms with Crippen LogP contribution in [-0.2, 0) is 6.54 Å². The Hall–Kier alpha value is -1.73. The molecule has 0 aliphatic rings. The summed E-state index contributed by atoms with van der Waals surface area (Å²) in [6, 6.07) is 8.33. The van der Waals surface area contributed by atoms with E-state index < -0.39 is 6.10 Å². The molecular formula is C15H22N2O2. The largest absolute Gasteiger partial charge is 0.493 e. The minimum atomic E-state index is -0.437. The molecule has 4 heteroatoms. The minimum absolute atomic E-state index is 0.435. The van der Waals surface area contributed by atoms with E-state index in [0.29, 0.717) is 24.0 Å². The standard InChI is InChI=1S/C15H22N2O2/c1-5-13(9-16)19-14-7-6-12(8-15(14)18-4)10-17-11(2)3/h6-8,11,13,17H,5,10H2,1-4H3. The number of hydrogen-bond donors (Lipinski definition) is 1. The summed E-state index contributed by atoms with van der Waals surface area (Å²) in [7, 11) is 1.61. The van der Waals surface area contributed by atoms with Gasteiger partial charge in [-0.3, -0.25) is 0 Å². The van der Waals surface area contributed by atoms with Gasteiger partial charge in [-0.15, -0.1) is 0 Å². The highest BCUT2D eigenvalue weighted by atomic mass is 16.5. The molecule has 0 spiro atoms. The average molecular weight is 262 g/mol. The van der Waals surface area contributed by atoms with Crippen LogP contribution in [0.25, 0.3) is 0 Å². The van der Waals surface area contributed by atoms with Crippen LogP contribution in [0.1, 0.15) is 32.8 Å². The summed E-state index contributed by atoms with van der Waals surface area (Å²) in [6.07, 6.45) is 0.213. The molecule has 1 rings (SSSR count). The van der Waals surface area contributed by atoms with Crippen LogP contribution in [-0.4, -0.2) is 19.3 Å². The molecule has 1 unspecified atom stereocenters. The average Bonchev–Trinajstić information content (AvgIpc) is 2.42. The first-order valence-corrected chi connectivity index (χ1v) is 6.57. The first-order chi connectivity index (χ1) is 9.10. The maximum atomic E-state index is 8.93. The molecule has 0 radical (unpaired) electrons. The molecule has 0 saturated carbocycles. The van der Waals surface area contributed by atoms with Crippen LogP contribution in [0.2, 0.25) is 0 Å². The summed E-state index contributed by atoms with van der Waals surface area (Å²) in [4.78, 5) is 0. The van der Waals surface area contributed by atoms with Gasteiger partial charge in [-0.2, -0.15) is 5.26 Å². The van der Waals surface area contributed by atoms with Gasteiger partial charge < -0.3 is 14.8 Å². The number of benzene rings is 1. The van der Waals surface area contributed by atoms with E-state index in [0.717, 1.165) is 12.1 Å². The quantitative estimate of drug-likeness (QED) is 0.821. The molecule has 0 bridgehead atoms. The second kappa shape index (κ2) is 7.65. The molecule has 4 nitrogen and oxygen atoms in total. The lowest BCUT2D eigenvalue weighted by Crippen LogP contribution is -2.21. The van der Waals surface area contributed by atoms with Gasteiger partial charge in [0.05, 0.1) is 7.11 Å². The van der Waals surface area contributed by atoms with Crippen molar-refractivity contribution in [1.82, 2.24) is 5.32 Å². The fourth-order valence-corrected chi connectivity index (χ4v) is 1.60. The molecule has 1 N–H and O–H groups in total. The lowest BCUT2D eigenvalue weighted by molar-refractivity contribution is 0.239. The fraction of sp³-hybridized carbons (Fsp3) is 0.533. The van der Waals surface area contributed by atoms with Crippen molar-refractivity contribution < 1.29 is 9.47 Å². The maximum Gasteiger partial charge on any atom is 0.184 e. The van der Waals surface area contributed by atoms with Crippen molar-refractivity contribution in [3.05, 3.63) is 23.8 Å². The van der Waals surface area contributed by atoms with Crippen molar-refractivity contribution in [2.45, 2.75) is 45.9 Å². The van der Waals surface area contributed by atoms with Gasteiger partial charge in [-0.1, -0.05) is 26.8 Å². The van der Waals surface area contributed by atoms with Crippen LogP contribution >= 0.6 is 0 Å². The lowest BCUT2D eigenvalue weighted by atomic mass is 10.2. The number of ether oxygens (including phenoxy) is 2. The summed E-state index contributed by atoms with van der Waals surface area (Å²) in [5, 5.41) is 12.3. The van der Waals surface area contributed by atoms with E-state index in [4.69, 9.17) is 14.7 Å². The molecule has 19 heavy (non-hydrogen) atoms. The molecule has 0 aliphatic carbocycles. The lowest BCUT2D eigenvalue weighted by Gasteiger charge is -2.15. The van der Waals surface area contributed by atoms with Crippen molar-refractivity contribution in [1.29, 1.82) is 5.26 Å². The van der Waals surface area contributed by atoms with Gasteiger partial charge in [0.25, 0.3) is 0 Å². The van der Waals surface area contributed by atoms with Crippen LogP contribution in [0.15, 0.2) is 18.2 Å². The highest BCUT2D eigenvalue weighted by Gasteiger charge is 2.11. The second-order valence-corrected chi connectivity index (χ2v) is 4.66. The monoisotopic (exact) mass is 262 g/mol. The smallest absolute Gasteiger partial charge is 0.184 e. The molecular weight excluding hydrogens is 240 g/mol. The molecule has 1 aromatic rings. The van der Waals surface area contributed by atoms with Crippen LogP contribution in [0.4, 0.5) is 0 Å². The number of hydrogen-bond acceptors (Lipinski definition) is 4. The minimum Gasteiger partial charge on any atom is -0.493 e. The number of rotatable bonds is 7. The Morgan fingerprint density at radius 3 is 2.58 bits per heavy atom. The van der Waals surface area contributed by atoms with Crippen molar-refractivity contribution >= 4 is 0 Å². The van der Waals surface area contributed by atoms with Crippen LogP contribution < -0.4 is 14.8 Å². The Morgan fingerprint density at radius 2 is 2.05 bits per heavy atom. The highest BCUT2D eigenvalue weighted by Crippen LogP contribution is 2.29. The van der Waals surface area contributed by atoms with Gasteiger partial charge in [0.2, 0.25) is 0 Å². The zero-order valence-electron chi connectivity index (χ0n) is 12.1. The normalized spacial score (nSPS) is 12.0. The van der Waals surface area contributed by atoms with Gasteiger partial charge in [0, 0.05) is 12.6 Å². The Morgan fingerprint density at radius 1 is 1.32 bits per heavy atom. The Balaban J connectivity index is 2.81. The first kappa shape index (κ1) is 15.3. The molecule has 1 aromatic carbocycles. The Bertz CT molecular complexity index is 438. The van der Waals surface area contributed by atoms with Gasteiger partial charge in [0.1, 0.15) is 6.07 Å². The molecule has 1 atom stereocenters. The van der Waals surface area contributed by atoms with Gasteiger partial charge >= 0.3 is 0 Å². The Labute approximate surface area is 115 Å². The third kappa shape index (κ3) is 4.80. The van der Waals surface area contributed by atoms with Gasteiger partial charge in [-0.05, 0) is 24.1 Å². The summed E-state index contributed by atoms with van der Waals surface area (Å²) in [5.74, 6) is 1.28. The van der Waals surface area contributed by atoms with Crippen molar-refractivity contribution in [2.75, 3.05) is 7.11 Å². The third-order valence-corrected chi connectivity index (χ3v) is 2.73. The molecule has 0 saturated heterocycles. The summed E-state index contributed by atoms with van der Waals surface area (Å²) in [5.41, 5.74) is 1.13. The van der Waals surface area contributed by atoms with Crippen molar-refractivity contribution in [3.8, 4) is 17.6 Å². The molecule has 0 heterocycles. The fourth-order valence-electron chi connectivity index (χ4n) is 1.60. The van der Waals surface area contributed by atoms with E-state index in [-0.39, 0.29) is 0 Å². The van der Waals surface area contributed by atoms with Crippen LogP contribution in [0, 0.1) is 11.3 Å². The number of nitriles is 1. The summed E-state index contributed by atoms with van der Waals surface area (Å²) >= 11 is 0. The predicted molar refractivity (Wildman–Crippen MR) is 75.3 cm³/mol. The van der Waals surface area contributed by atoms with Crippen molar-refractivity contribution in [3.63, 3.8) is 0 Å². The number of nitrogens with zero attached hydrogens (tertiary/aromatic N) is 1. The number of nitrogens with one attached hydrogen (secondary N) is 1. The predicted octanol–water partition coefficient (Wildman–Crippen LogP) is 2.87. The Kier molecular flexibility index (Phi) is 6.17. The van der Waals surface area contributed by atoms with E-state index in [1.807, 2.05) is 25.1 Å².